The highest BCUT2D eigenvalue weighted by molar-refractivity contribution is 7.98. The quantitative estimate of drug-likeness (QED) is 0.538. The third kappa shape index (κ3) is 3.04. The number of thioether (sulfide) groups is 1. The largest absolute Gasteiger partial charge is 0.233 e. The van der Waals surface area contributed by atoms with Crippen LogP contribution in [-0.2, 0) is 5.75 Å². The van der Waals surface area contributed by atoms with Crippen LogP contribution in [0.4, 0.5) is 0 Å². The fourth-order valence-corrected chi connectivity index (χ4v) is 3.12. The zero-order chi connectivity index (χ0) is 14.7. The second kappa shape index (κ2) is 5.94. The molecule has 0 aliphatic rings. The maximum Gasteiger partial charge on any atom is 0.127 e. The second-order valence-corrected chi connectivity index (χ2v) is 5.65. The first kappa shape index (κ1) is 13.6. The summed E-state index contributed by atoms with van der Waals surface area (Å²) in [5.74, 6) is 1.61. The first-order valence-electron chi connectivity index (χ1n) is 6.61. The van der Waals surface area contributed by atoms with Crippen molar-refractivity contribution in [1.29, 1.82) is 5.26 Å². The molecule has 3 nitrogen and oxygen atoms in total. The Balaban J connectivity index is 1.86. The third-order valence-corrected chi connectivity index (χ3v) is 4.20. The van der Waals surface area contributed by atoms with Gasteiger partial charge in [-0.25, -0.2) is 9.97 Å². The van der Waals surface area contributed by atoms with Crippen molar-refractivity contribution in [2.45, 2.75) is 17.7 Å². The number of hydrogen-bond acceptors (Lipinski definition) is 4. The van der Waals surface area contributed by atoms with Gasteiger partial charge in [-0.1, -0.05) is 30.3 Å². The SMILES string of the molecule is Cc1nc(SCc2ccc(C#N)cc2)c2ccccc2n1. The predicted molar refractivity (Wildman–Crippen MR) is 85.0 cm³/mol. The van der Waals surface area contributed by atoms with Gasteiger partial charge in [0.15, 0.2) is 0 Å². The van der Waals surface area contributed by atoms with Crippen LogP contribution in [0.15, 0.2) is 53.6 Å². The van der Waals surface area contributed by atoms with Crippen molar-refractivity contribution in [3.63, 3.8) is 0 Å². The molecule has 0 saturated heterocycles. The molecule has 1 aromatic heterocycles. The van der Waals surface area contributed by atoms with Gasteiger partial charge in [0, 0.05) is 11.1 Å². The van der Waals surface area contributed by atoms with Crippen molar-refractivity contribution >= 4 is 22.7 Å². The van der Waals surface area contributed by atoms with Gasteiger partial charge < -0.3 is 0 Å². The molecule has 21 heavy (non-hydrogen) atoms. The Morgan fingerprint density at radius 2 is 1.81 bits per heavy atom. The molecule has 0 saturated carbocycles. The van der Waals surface area contributed by atoms with E-state index in [1.165, 1.54) is 5.56 Å². The Morgan fingerprint density at radius 1 is 1.05 bits per heavy atom. The number of nitriles is 1. The molecular formula is C17H13N3S. The van der Waals surface area contributed by atoms with Crippen molar-refractivity contribution in [2.24, 2.45) is 0 Å². The van der Waals surface area contributed by atoms with Crippen LogP contribution in [0, 0.1) is 18.3 Å². The molecule has 0 bridgehead atoms. The van der Waals surface area contributed by atoms with E-state index in [-0.39, 0.29) is 0 Å². The summed E-state index contributed by atoms with van der Waals surface area (Å²) in [5, 5.41) is 10.9. The van der Waals surface area contributed by atoms with Crippen molar-refractivity contribution in [3.8, 4) is 6.07 Å². The number of fused-ring (bicyclic) bond motifs is 1. The van der Waals surface area contributed by atoms with Crippen LogP contribution in [0.3, 0.4) is 0 Å². The Hall–Kier alpha value is -2.38. The summed E-state index contributed by atoms with van der Waals surface area (Å²) < 4.78 is 0. The number of benzene rings is 2. The average molecular weight is 291 g/mol. The highest BCUT2D eigenvalue weighted by Crippen LogP contribution is 2.27. The van der Waals surface area contributed by atoms with Crippen LogP contribution >= 0.6 is 11.8 Å². The lowest BCUT2D eigenvalue weighted by atomic mass is 10.2. The van der Waals surface area contributed by atoms with E-state index in [9.17, 15) is 0 Å². The van der Waals surface area contributed by atoms with Crippen LogP contribution in [0.1, 0.15) is 17.0 Å². The lowest BCUT2D eigenvalue weighted by molar-refractivity contribution is 1.01. The van der Waals surface area contributed by atoms with E-state index in [1.807, 2.05) is 49.4 Å². The highest BCUT2D eigenvalue weighted by atomic mass is 32.2. The lowest BCUT2D eigenvalue weighted by Crippen LogP contribution is -1.93. The summed E-state index contributed by atoms with van der Waals surface area (Å²) in [7, 11) is 0. The van der Waals surface area contributed by atoms with Gasteiger partial charge in [0.05, 0.1) is 17.1 Å². The van der Waals surface area contributed by atoms with E-state index in [4.69, 9.17) is 5.26 Å². The smallest absolute Gasteiger partial charge is 0.127 e. The molecule has 0 fully saturated rings. The monoisotopic (exact) mass is 291 g/mol. The van der Waals surface area contributed by atoms with Gasteiger partial charge in [-0.15, -0.1) is 11.8 Å². The molecule has 0 aliphatic carbocycles. The third-order valence-electron chi connectivity index (χ3n) is 3.14. The van der Waals surface area contributed by atoms with E-state index in [2.05, 4.69) is 22.1 Å². The molecule has 0 amide bonds. The highest BCUT2D eigenvalue weighted by Gasteiger charge is 2.06. The number of nitrogens with zero attached hydrogens (tertiary/aromatic N) is 3. The Morgan fingerprint density at radius 3 is 2.57 bits per heavy atom. The lowest BCUT2D eigenvalue weighted by Gasteiger charge is -2.06. The molecule has 102 valence electrons. The van der Waals surface area contributed by atoms with Gasteiger partial charge in [-0.05, 0) is 30.7 Å². The van der Waals surface area contributed by atoms with Crippen molar-refractivity contribution in [2.75, 3.05) is 0 Å². The van der Waals surface area contributed by atoms with Crippen LogP contribution in [0.2, 0.25) is 0 Å². The molecule has 1 heterocycles. The average Bonchev–Trinajstić information content (AvgIpc) is 2.53. The number of rotatable bonds is 3. The number of para-hydroxylation sites is 1. The first-order chi connectivity index (χ1) is 10.3. The molecule has 0 aliphatic heterocycles. The minimum absolute atomic E-state index is 0.687. The Bertz CT molecular complexity index is 820. The Labute approximate surface area is 127 Å². The van der Waals surface area contributed by atoms with Crippen LogP contribution in [0.25, 0.3) is 10.9 Å². The molecule has 0 N–H and O–H groups in total. The Kier molecular flexibility index (Phi) is 3.85. The van der Waals surface area contributed by atoms with Gasteiger partial charge in [0.1, 0.15) is 10.9 Å². The molecule has 0 radical (unpaired) electrons. The summed E-state index contributed by atoms with van der Waals surface area (Å²) in [6, 6.07) is 17.9. The minimum Gasteiger partial charge on any atom is -0.233 e. The molecule has 2 aromatic carbocycles. The minimum atomic E-state index is 0.687. The number of aromatic nitrogens is 2. The summed E-state index contributed by atoms with van der Waals surface area (Å²) in [5.41, 5.74) is 2.85. The van der Waals surface area contributed by atoms with E-state index < -0.39 is 0 Å². The van der Waals surface area contributed by atoms with E-state index >= 15 is 0 Å². The zero-order valence-corrected chi connectivity index (χ0v) is 12.4. The van der Waals surface area contributed by atoms with Gasteiger partial charge in [-0.2, -0.15) is 5.26 Å². The summed E-state index contributed by atoms with van der Waals surface area (Å²) in [6.07, 6.45) is 0. The van der Waals surface area contributed by atoms with Crippen LogP contribution in [-0.4, -0.2) is 9.97 Å². The van der Waals surface area contributed by atoms with Gasteiger partial charge in [0.2, 0.25) is 0 Å². The van der Waals surface area contributed by atoms with Crippen molar-refractivity contribution < 1.29 is 0 Å². The molecule has 0 unspecified atom stereocenters. The van der Waals surface area contributed by atoms with Crippen LogP contribution < -0.4 is 0 Å². The molecule has 0 atom stereocenters. The van der Waals surface area contributed by atoms with Gasteiger partial charge >= 0.3 is 0 Å². The van der Waals surface area contributed by atoms with E-state index in [0.717, 1.165) is 27.5 Å². The van der Waals surface area contributed by atoms with Gasteiger partial charge in [-0.3, -0.25) is 0 Å². The van der Waals surface area contributed by atoms with E-state index in [0.29, 0.717) is 5.56 Å². The van der Waals surface area contributed by atoms with Crippen molar-refractivity contribution in [1.82, 2.24) is 9.97 Å². The van der Waals surface area contributed by atoms with Gasteiger partial charge in [0.25, 0.3) is 0 Å². The maximum atomic E-state index is 8.81. The predicted octanol–water partition coefficient (Wildman–Crippen LogP) is 4.10. The topological polar surface area (TPSA) is 49.6 Å². The summed E-state index contributed by atoms with van der Waals surface area (Å²) in [6.45, 7) is 1.91. The maximum absolute atomic E-state index is 8.81. The number of aryl methyl sites for hydroxylation is 1. The standard InChI is InChI=1S/C17H13N3S/c1-12-19-16-5-3-2-4-15(16)17(20-12)21-11-14-8-6-13(10-18)7-9-14/h2-9H,11H2,1H3. The molecule has 3 rings (SSSR count). The normalized spacial score (nSPS) is 10.5. The molecular weight excluding hydrogens is 278 g/mol. The zero-order valence-electron chi connectivity index (χ0n) is 11.6. The molecule has 4 heteroatoms. The molecule has 0 spiro atoms. The first-order valence-corrected chi connectivity index (χ1v) is 7.60. The summed E-state index contributed by atoms with van der Waals surface area (Å²) >= 11 is 1.70. The molecule has 3 aromatic rings. The number of hydrogen-bond donors (Lipinski definition) is 0. The fraction of sp³-hybridized carbons (Fsp3) is 0.118. The summed E-state index contributed by atoms with van der Waals surface area (Å²) in [4.78, 5) is 9.00. The van der Waals surface area contributed by atoms with Crippen molar-refractivity contribution in [3.05, 3.63) is 65.5 Å². The fourth-order valence-electron chi connectivity index (χ4n) is 2.10. The van der Waals surface area contributed by atoms with E-state index in [1.54, 1.807) is 11.8 Å². The van der Waals surface area contributed by atoms with Crippen LogP contribution in [0.5, 0.6) is 0 Å². The second-order valence-electron chi connectivity index (χ2n) is 4.69.